The number of rotatable bonds is 4. The van der Waals surface area contributed by atoms with E-state index in [2.05, 4.69) is 13.0 Å². The summed E-state index contributed by atoms with van der Waals surface area (Å²) in [5.41, 5.74) is 1.88. The molecule has 0 N–H and O–H groups in total. The quantitative estimate of drug-likeness (QED) is 0.623. The Balaban J connectivity index is 1.31. The van der Waals surface area contributed by atoms with Crippen LogP contribution in [0.1, 0.15) is 70.1 Å². The third kappa shape index (κ3) is 5.48. The van der Waals surface area contributed by atoms with E-state index in [-0.39, 0.29) is 12.0 Å². The largest absolute Gasteiger partial charge is 0.445 e. The molecular formula is C25H32N2O3S. The fraction of sp³-hybridized carbons (Fsp3) is 0.520. The maximum Gasteiger partial charge on any atom is 0.410 e. The van der Waals surface area contributed by atoms with Crippen LogP contribution in [0.15, 0.2) is 36.4 Å². The van der Waals surface area contributed by atoms with E-state index in [1.54, 1.807) is 11.3 Å². The van der Waals surface area contributed by atoms with Crippen LogP contribution in [-0.4, -0.2) is 48.0 Å². The van der Waals surface area contributed by atoms with Gasteiger partial charge in [0.15, 0.2) is 0 Å². The summed E-state index contributed by atoms with van der Waals surface area (Å²) in [5.74, 6) is 0.608. The molecule has 6 heteroatoms. The molecule has 0 atom stereocenters. The zero-order valence-electron chi connectivity index (χ0n) is 18.3. The van der Waals surface area contributed by atoms with Crippen LogP contribution in [0.25, 0.3) is 0 Å². The van der Waals surface area contributed by atoms with Crippen LogP contribution in [-0.2, 0) is 11.3 Å². The van der Waals surface area contributed by atoms with E-state index in [4.69, 9.17) is 4.74 Å². The van der Waals surface area contributed by atoms with E-state index in [9.17, 15) is 9.59 Å². The molecule has 0 spiro atoms. The Labute approximate surface area is 189 Å². The van der Waals surface area contributed by atoms with Crippen molar-refractivity contribution in [3.63, 3.8) is 0 Å². The lowest BCUT2D eigenvalue weighted by atomic mass is 9.95. The van der Waals surface area contributed by atoms with Crippen LogP contribution in [0.3, 0.4) is 0 Å². The molecule has 3 heterocycles. The number of ether oxygens (including phenoxy) is 1. The van der Waals surface area contributed by atoms with Gasteiger partial charge in [-0.15, -0.1) is 11.3 Å². The standard InChI is InChI=1S/C25H32N2O3S/c1-19-22(24(28)26-13-7-2-3-8-14-26)17-23(31-19)21-11-15-27(16-12-21)25(29)30-18-20-9-5-4-6-10-20/h4-6,9-10,17,21H,2-3,7-8,11-16,18H2,1H3. The molecule has 0 saturated carbocycles. The molecule has 2 aliphatic rings. The molecule has 2 amide bonds. The van der Waals surface area contributed by atoms with Crippen molar-refractivity contribution >= 4 is 23.3 Å². The second-order valence-electron chi connectivity index (χ2n) is 8.63. The van der Waals surface area contributed by atoms with Crippen molar-refractivity contribution in [2.24, 2.45) is 0 Å². The lowest BCUT2D eigenvalue weighted by Gasteiger charge is -2.30. The number of benzene rings is 1. The Morgan fingerprint density at radius 1 is 0.968 bits per heavy atom. The van der Waals surface area contributed by atoms with Gasteiger partial charge in [-0.2, -0.15) is 0 Å². The van der Waals surface area contributed by atoms with Crippen LogP contribution in [0, 0.1) is 6.92 Å². The normalized spacial score (nSPS) is 18.0. The van der Waals surface area contributed by atoms with Crippen LogP contribution >= 0.6 is 11.3 Å². The summed E-state index contributed by atoms with van der Waals surface area (Å²) in [7, 11) is 0. The predicted octanol–water partition coefficient (Wildman–Crippen LogP) is 5.59. The van der Waals surface area contributed by atoms with Gasteiger partial charge in [0.1, 0.15) is 6.61 Å². The summed E-state index contributed by atoms with van der Waals surface area (Å²) in [6.07, 6.45) is 6.27. The Kier molecular flexibility index (Phi) is 7.28. The first kappa shape index (κ1) is 21.9. The lowest BCUT2D eigenvalue weighted by Crippen LogP contribution is -2.38. The smallest absolute Gasteiger partial charge is 0.410 e. The highest BCUT2D eigenvalue weighted by molar-refractivity contribution is 7.12. The minimum atomic E-state index is -0.235. The first-order valence-electron chi connectivity index (χ1n) is 11.5. The molecule has 31 heavy (non-hydrogen) atoms. The minimum absolute atomic E-state index is 0.198. The molecule has 0 aliphatic carbocycles. The third-order valence-electron chi connectivity index (χ3n) is 6.42. The third-order valence-corrected chi connectivity index (χ3v) is 7.63. The number of hydrogen-bond donors (Lipinski definition) is 0. The van der Waals surface area contributed by atoms with E-state index in [0.29, 0.717) is 25.6 Å². The highest BCUT2D eigenvalue weighted by Gasteiger charge is 2.28. The number of hydrogen-bond acceptors (Lipinski definition) is 4. The van der Waals surface area contributed by atoms with Crippen molar-refractivity contribution in [1.29, 1.82) is 0 Å². The Morgan fingerprint density at radius 2 is 1.65 bits per heavy atom. The maximum atomic E-state index is 13.1. The molecule has 2 fully saturated rings. The lowest BCUT2D eigenvalue weighted by molar-refractivity contribution is 0.0761. The zero-order valence-corrected chi connectivity index (χ0v) is 19.2. The van der Waals surface area contributed by atoms with E-state index in [1.165, 1.54) is 17.7 Å². The van der Waals surface area contributed by atoms with Crippen molar-refractivity contribution in [1.82, 2.24) is 9.80 Å². The monoisotopic (exact) mass is 440 g/mol. The predicted molar refractivity (Wildman–Crippen MR) is 124 cm³/mol. The van der Waals surface area contributed by atoms with E-state index < -0.39 is 0 Å². The van der Waals surface area contributed by atoms with Gasteiger partial charge < -0.3 is 14.5 Å². The number of amides is 2. The van der Waals surface area contributed by atoms with Crippen molar-refractivity contribution in [2.45, 2.75) is 58.0 Å². The number of thiophene rings is 1. The highest BCUT2D eigenvalue weighted by atomic mass is 32.1. The molecule has 2 saturated heterocycles. The van der Waals surface area contributed by atoms with Crippen molar-refractivity contribution in [3.8, 4) is 0 Å². The summed E-state index contributed by atoms with van der Waals surface area (Å²) in [5, 5.41) is 0. The molecule has 4 rings (SSSR count). The number of carbonyl (C=O) groups excluding carboxylic acids is 2. The Morgan fingerprint density at radius 3 is 2.32 bits per heavy atom. The minimum Gasteiger partial charge on any atom is -0.445 e. The molecule has 166 valence electrons. The number of likely N-dealkylation sites (tertiary alicyclic amines) is 2. The van der Waals surface area contributed by atoms with Gasteiger partial charge in [0.05, 0.1) is 5.56 Å². The number of carbonyl (C=O) groups is 2. The van der Waals surface area contributed by atoms with E-state index >= 15 is 0 Å². The van der Waals surface area contributed by atoms with Crippen molar-refractivity contribution in [3.05, 3.63) is 57.3 Å². The average Bonchev–Trinajstić information content (AvgIpc) is 3.00. The van der Waals surface area contributed by atoms with Crippen LogP contribution in [0.5, 0.6) is 0 Å². The van der Waals surface area contributed by atoms with Gasteiger partial charge in [-0.3, -0.25) is 4.79 Å². The van der Waals surface area contributed by atoms with Crippen LogP contribution in [0.2, 0.25) is 0 Å². The van der Waals surface area contributed by atoms with Gasteiger partial charge in [-0.05, 0) is 50.2 Å². The zero-order chi connectivity index (χ0) is 21.6. The van der Waals surface area contributed by atoms with Gasteiger partial charge >= 0.3 is 6.09 Å². The topological polar surface area (TPSA) is 49.9 Å². The van der Waals surface area contributed by atoms with Gasteiger partial charge in [-0.25, -0.2) is 4.79 Å². The molecule has 2 aliphatic heterocycles. The number of aryl methyl sites for hydroxylation is 1. The summed E-state index contributed by atoms with van der Waals surface area (Å²) < 4.78 is 5.48. The summed E-state index contributed by atoms with van der Waals surface area (Å²) >= 11 is 1.75. The number of piperidine rings is 1. The molecule has 1 aromatic heterocycles. The van der Waals surface area contributed by atoms with Gasteiger partial charge in [-0.1, -0.05) is 43.2 Å². The van der Waals surface area contributed by atoms with Crippen molar-refractivity contribution in [2.75, 3.05) is 26.2 Å². The maximum absolute atomic E-state index is 13.1. The van der Waals surface area contributed by atoms with E-state index in [0.717, 1.165) is 54.8 Å². The first-order valence-corrected chi connectivity index (χ1v) is 12.3. The Hall–Kier alpha value is -2.34. The van der Waals surface area contributed by atoms with Gasteiger partial charge in [0, 0.05) is 35.9 Å². The molecule has 5 nitrogen and oxygen atoms in total. The van der Waals surface area contributed by atoms with Crippen molar-refractivity contribution < 1.29 is 14.3 Å². The SMILES string of the molecule is Cc1sc(C2CCN(C(=O)OCc3ccccc3)CC2)cc1C(=O)N1CCCCCC1. The highest BCUT2D eigenvalue weighted by Crippen LogP contribution is 2.35. The van der Waals surface area contributed by atoms with Gasteiger partial charge in [0.25, 0.3) is 5.91 Å². The fourth-order valence-electron chi connectivity index (χ4n) is 4.52. The first-order chi connectivity index (χ1) is 15.1. The van der Waals surface area contributed by atoms with Crippen LogP contribution in [0.4, 0.5) is 4.79 Å². The molecular weight excluding hydrogens is 408 g/mol. The summed E-state index contributed by atoms with van der Waals surface area (Å²) in [4.78, 5) is 31.7. The second kappa shape index (κ2) is 10.3. The molecule has 0 unspecified atom stereocenters. The summed E-state index contributed by atoms with van der Waals surface area (Å²) in [6, 6.07) is 11.9. The number of nitrogens with zero attached hydrogens (tertiary/aromatic N) is 2. The van der Waals surface area contributed by atoms with Crippen LogP contribution < -0.4 is 0 Å². The molecule has 2 aromatic rings. The van der Waals surface area contributed by atoms with E-state index in [1.807, 2.05) is 40.1 Å². The van der Waals surface area contributed by atoms with Gasteiger partial charge in [0.2, 0.25) is 0 Å². The molecule has 0 radical (unpaired) electrons. The Bertz CT molecular complexity index is 879. The molecule has 0 bridgehead atoms. The summed E-state index contributed by atoms with van der Waals surface area (Å²) in [6.45, 7) is 5.54. The molecule has 1 aromatic carbocycles. The fourth-order valence-corrected chi connectivity index (χ4v) is 5.71. The average molecular weight is 441 g/mol. The second-order valence-corrected chi connectivity index (χ2v) is 9.91.